The second-order valence-electron chi connectivity index (χ2n) is 4.37. The molecule has 0 atom stereocenters. The van der Waals surface area contributed by atoms with E-state index in [-0.39, 0.29) is 0 Å². The van der Waals surface area contributed by atoms with Crippen molar-refractivity contribution < 1.29 is 9.26 Å². The molecule has 0 aromatic carbocycles. The largest absolute Gasteiger partial charge is 0.373 e. The number of hydrogen-bond donors (Lipinski definition) is 1. The van der Waals surface area contributed by atoms with Crippen molar-refractivity contribution in [2.24, 2.45) is 0 Å². The number of nitrogens with zero attached hydrogens (tertiary/aromatic N) is 2. The van der Waals surface area contributed by atoms with Crippen LogP contribution in [0.2, 0.25) is 0 Å². The van der Waals surface area contributed by atoms with Crippen molar-refractivity contribution in [3.63, 3.8) is 0 Å². The Labute approximate surface area is 103 Å². The van der Waals surface area contributed by atoms with E-state index in [0.29, 0.717) is 24.4 Å². The van der Waals surface area contributed by atoms with Gasteiger partial charge in [-0.2, -0.15) is 4.98 Å². The van der Waals surface area contributed by atoms with Gasteiger partial charge in [0.15, 0.2) is 5.82 Å². The Bertz CT molecular complexity index is 300. The molecule has 0 spiro atoms. The quantitative estimate of drug-likeness (QED) is 0.669. The van der Waals surface area contributed by atoms with Crippen molar-refractivity contribution in [3.05, 3.63) is 11.7 Å². The lowest BCUT2D eigenvalue weighted by atomic mass is 10.3. The highest BCUT2D eigenvalue weighted by molar-refractivity contribution is 4.84. The van der Waals surface area contributed by atoms with Crippen molar-refractivity contribution in [2.75, 3.05) is 13.2 Å². The summed E-state index contributed by atoms with van der Waals surface area (Å²) in [6, 6.07) is 0.531. The summed E-state index contributed by atoms with van der Waals surface area (Å²) >= 11 is 0. The van der Waals surface area contributed by atoms with E-state index < -0.39 is 0 Å². The van der Waals surface area contributed by atoms with E-state index in [9.17, 15) is 0 Å². The molecule has 0 aliphatic rings. The Morgan fingerprint density at radius 2 is 2.24 bits per heavy atom. The topological polar surface area (TPSA) is 60.2 Å². The molecule has 1 rings (SSSR count). The standard InChI is InChI=1S/C12H23N3O2/c1-4-6-12-14-11(15-17-12)9-16-8-5-7-13-10(2)3/h10,13H,4-9H2,1-3H3. The highest BCUT2D eigenvalue weighted by atomic mass is 16.5. The second-order valence-corrected chi connectivity index (χ2v) is 4.37. The third-order valence-electron chi connectivity index (χ3n) is 2.22. The summed E-state index contributed by atoms with van der Waals surface area (Å²) in [5, 5.41) is 7.19. The Morgan fingerprint density at radius 1 is 1.41 bits per heavy atom. The van der Waals surface area contributed by atoms with Crippen molar-refractivity contribution in [1.29, 1.82) is 0 Å². The van der Waals surface area contributed by atoms with Crippen LogP contribution in [0, 0.1) is 0 Å². The maximum atomic E-state index is 5.47. The molecule has 0 fully saturated rings. The number of aryl methyl sites for hydroxylation is 1. The molecule has 17 heavy (non-hydrogen) atoms. The molecule has 0 bridgehead atoms. The minimum absolute atomic E-state index is 0.439. The molecule has 0 saturated carbocycles. The summed E-state index contributed by atoms with van der Waals surface area (Å²) in [4.78, 5) is 4.23. The van der Waals surface area contributed by atoms with Crippen LogP contribution in [0.5, 0.6) is 0 Å². The van der Waals surface area contributed by atoms with Gasteiger partial charge in [-0.05, 0) is 19.4 Å². The van der Waals surface area contributed by atoms with Gasteiger partial charge in [0, 0.05) is 19.1 Å². The van der Waals surface area contributed by atoms with Gasteiger partial charge < -0.3 is 14.6 Å². The van der Waals surface area contributed by atoms with Crippen molar-refractivity contribution >= 4 is 0 Å². The summed E-state index contributed by atoms with van der Waals surface area (Å²) in [6.45, 7) is 8.49. The first-order valence-electron chi connectivity index (χ1n) is 6.35. The Morgan fingerprint density at radius 3 is 2.94 bits per heavy atom. The van der Waals surface area contributed by atoms with E-state index in [1.807, 2.05) is 0 Å². The van der Waals surface area contributed by atoms with Gasteiger partial charge in [0.05, 0.1) is 0 Å². The van der Waals surface area contributed by atoms with E-state index >= 15 is 0 Å². The second kappa shape index (κ2) is 8.20. The van der Waals surface area contributed by atoms with Crippen LogP contribution >= 0.6 is 0 Å². The van der Waals surface area contributed by atoms with Crippen molar-refractivity contribution in [2.45, 2.75) is 52.7 Å². The zero-order valence-corrected chi connectivity index (χ0v) is 11.0. The van der Waals surface area contributed by atoms with Crippen LogP contribution in [0.25, 0.3) is 0 Å². The number of nitrogens with one attached hydrogen (secondary N) is 1. The minimum atomic E-state index is 0.439. The Kier molecular flexibility index (Phi) is 6.81. The molecular formula is C12H23N3O2. The lowest BCUT2D eigenvalue weighted by Gasteiger charge is -2.07. The fraction of sp³-hybridized carbons (Fsp3) is 0.833. The number of rotatable bonds is 9. The van der Waals surface area contributed by atoms with E-state index in [4.69, 9.17) is 9.26 Å². The molecule has 0 radical (unpaired) electrons. The van der Waals surface area contributed by atoms with Crippen LogP contribution in [0.1, 0.15) is 45.3 Å². The van der Waals surface area contributed by atoms with Gasteiger partial charge in [0.2, 0.25) is 5.89 Å². The molecule has 0 saturated heterocycles. The van der Waals surface area contributed by atoms with Crippen LogP contribution < -0.4 is 5.32 Å². The summed E-state index contributed by atoms with van der Waals surface area (Å²) in [5.74, 6) is 1.35. The first-order valence-corrected chi connectivity index (χ1v) is 6.35. The smallest absolute Gasteiger partial charge is 0.226 e. The zero-order valence-electron chi connectivity index (χ0n) is 11.0. The predicted molar refractivity (Wildman–Crippen MR) is 65.7 cm³/mol. The molecule has 0 unspecified atom stereocenters. The molecule has 1 N–H and O–H groups in total. The fourth-order valence-corrected chi connectivity index (χ4v) is 1.39. The molecule has 5 heteroatoms. The van der Waals surface area contributed by atoms with Gasteiger partial charge in [-0.25, -0.2) is 0 Å². The average Bonchev–Trinajstić information content (AvgIpc) is 2.71. The molecule has 98 valence electrons. The molecule has 5 nitrogen and oxygen atoms in total. The average molecular weight is 241 g/mol. The maximum absolute atomic E-state index is 5.47. The summed E-state index contributed by atoms with van der Waals surface area (Å²) < 4.78 is 10.5. The van der Waals surface area contributed by atoms with Gasteiger partial charge in [0.25, 0.3) is 0 Å². The van der Waals surface area contributed by atoms with E-state index in [1.54, 1.807) is 0 Å². The first-order chi connectivity index (χ1) is 8.22. The van der Waals surface area contributed by atoms with Crippen LogP contribution in [0.3, 0.4) is 0 Å². The fourth-order valence-electron chi connectivity index (χ4n) is 1.39. The highest BCUT2D eigenvalue weighted by Gasteiger charge is 2.04. The van der Waals surface area contributed by atoms with Crippen LogP contribution in [-0.2, 0) is 17.8 Å². The third kappa shape index (κ3) is 6.38. The Hall–Kier alpha value is -0.940. The zero-order chi connectivity index (χ0) is 12.5. The van der Waals surface area contributed by atoms with Gasteiger partial charge >= 0.3 is 0 Å². The van der Waals surface area contributed by atoms with E-state index in [2.05, 4.69) is 36.2 Å². The Balaban J connectivity index is 2.05. The van der Waals surface area contributed by atoms with Gasteiger partial charge in [-0.15, -0.1) is 0 Å². The third-order valence-corrected chi connectivity index (χ3v) is 2.22. The van der Waals surface area contributed by atoms with Gasteiger partial charge in [0.1, 0.15) is 6.61 Å². The molecule has 0 amide bonds. The van der Waals surface area contributed by atoms with E-state index in [1.165, 1.54) is 0 Å². The molecule has 1 heterocycles. The minimum Gasteiger partial charge on any atom is -0.373 e. The maximum Gasteiger partial charge on any atom is 0.226 e. The number of hydrogen-bond acceptors (Lipinski definition) is 5. The summed E-state index contributed by atoms with van der Waals surface area (Å²) in [6.07, 6.45) is 2.85. The van der Waals surface area contributed by atoms with Crippen molar-refractivity contribution in [1.82, 2.24) is 15.5 Å². The number of aromatic nitrogens is 2. The predicted octanol–water partition coefficient (Wildman–Crippen LogP) is 1.93. The van der Waals surface area contributed by atoms with Crippen LogP contribution in [0.15, 0.2) is 4.52 Å². The summed E-state index contributed by atoms with van der Waals surface area (Å²) in [7, 11) is 0. The summed E-state index contributed by atoms with van der Waals surface area (Å²) in [5.41, 5.74) is 0. The molecule has 1 aromatic rings. The molecule has 1 aromatic heterocycles. The monoisotopic (exact) mass is 241 g/mol. The van der Waals surface area contributed by atoms with E-state index in [0.717, 1.165) is 32.4 Å². The molecule has 0 aliphatic heterocycles. The highest BCUT2D eigenvalue weighted by Crippen LogP contribution is 2.01. The lowest BCUT2D eigenvalue weighted by molar-refractivity contribution is 0.111. The number of ether oxygens (including phenoxy) is 1. The van der Waals surface area contributed by atoms with Gasteiger partial charge in [-0.3, -0.25) is 0 Å². The first kappa shape index (κ1) is 14.1. The van der Waals surface area contributed by atoms with Crippen molar-refractivity contribution in [3.8, 4) is 0 Å². The normalized spacial score (nSPS) is 11.3. The van der Waals surface area contributed by atoms with Crippen LogP contribution in [-0.4, -0.2) is 29.3 Å². The van der Waals surface area contributed by atoms with Crippen LogP contribution in [0.4, 0.5) is 0 Å². The van der Waals surface area contributed by atoms with Gasteiger partial charge in [-0.1, -0.05) is 25.9 Å². The molecule has 0 aliphatic carbocycles. The molecular weight excluding hydrogens is 218 g/mol. The SMILES string of the molecule is CCCc1nc(COCCCNC(C)C)no1. The lowest BCUT2D eigenvalue weighted by Crippen LogP contribution is -2.24.